The van der Waals surface area contributed by atoms with E-state index in [9.17, 15) is 5.11 Å². The highest BCUT2D eigenvalue weighted by molar-refractivity contribution is 7.45. The molecule has 0 radical (unpaired) electrons. The molecule has 2 rings (SSSR count). The first-order chi connectivity index (χ1) is 12.1. The van der Waals surface area contributed by atoms with E-state index < -0.39 is 7.82 Å². The molecule has 0 spiro atoms. The van der Waals surface area contributed by atoms with Gasteiger partial charge in [0.2, 0.25) is 0 Å². The van der Waals surface area contributed by atoms with Crippen LogP contribution in [-0.4, -0.2) is 19.8 Å². The molecule has 0 atom stereocenters. The lowest BCUT2D eigenvalue weighted by Crippen LogP contribution is -2.17. The normalized spacial score (nSPS) is 12.2. The Morgan fingerprint density at radius 1 is 0.815 bits per heavy atom. The zero-order valence-electron chi connectivity index (χ0n) is 16.6. The summed E-state index contributed by atoms with van der Waals surface area (Å²) in [4.78, 5) is 21.6. The molecule has 0 aromatic heterocycles. The van der Waals surface area contributed by atoms with E-state index in [0.29, 0.717) is 0 Å². The molecule has 7 heteroatoms. The van der Waals surface area contributed by atoms with E-state index in [1.54, 1.807) is 24.3 Å². The van der Waals surface area contributed by atoms with Crippen LogP contribution in [-0.2, 0) is 15.4 Å². The second-order valence-corrected chi connectivity index (χ2v) is 9.35. The Morgan fingerprint density at radius 2 is 1.30 bits per heavy atom. The van der Waals surface area contributed by atoms with E-state index in [2.05, 4.69) is 53.7 Å². The summed E-state index contributed by atoms with van der Waals surface area (Å²) < 4.78 is 14.9. The molecule has 4 N–H and O–H groups in total. The molecular weight excluding hydrogens is 367 g/mol. The lowest BCUT2D eigenvalue weighted by Gasteiger charge is -2.27. The standard InChI is InChI=1S/C20H26O2.H3O4P/c1-19(2,3)14-7-12-18(17(13-14)20(4,5)6)22-16-10-8-15(21)9-11-16;1-5(2,3)4/h7-13,21H,1-6H3;(H3,1,2,3,4). The first kappa shape index (κ1) is 23.2. The third-order valence-electron chi connectivity index (χ3n) is 3.72. The van der Waals surface area contributed by atoms with E-state index in [4.69, 9.17) is 24.0 Å². The molecule has 0 unspecified atom stereocenters. The van der Waals surface area contributed by atoms with Gasteiger partial charge in [0.15, 0.2) is 0 Å². The summed E-state index contributed by atoms with van der Waals surface area (Å²) in [5.74, 6) is 1.84. The summed E-state index contributed by atoms with van der Waals surface area (Å²) in [6, 6.07) is 13.2. The van der Waals surface area contributed by atoms with E-state index in [1.807, 2.05) is 6.07 Å². The Labute approximate surface area is 160 Å². The van der Waals surface area contributed by atoms with Gasteiger partial charge in [-0.2, -0.15) is 0 Å². The van der Waals surface area contributed by atoms with Crippen molar-refractivity contribution in [3.05, 3.63) is 53.6 Å². The van der Waals surface area contributed by atoms with E-state index >= 15 is 0 Å². The Bertz CT molecular complexity index is 786. The minimum Gasteiger partial charge on any atom is -0.508 e. The summed E-state index contributed by atoms with van der Waals surface area (Å²) in [5.41, 5.74) is 2.59. The molecule has 0 amide bonds. The van der Waals surface area contributed by atoms with Crippen LogP contribution in [0, 0.1) is 0 Å². The lowest BCUT2D eigenvalue weighted by molar-refractivity contribution is 0.275. The fourth-order valence-electron chi connectivity index (χ4n) is 2.31. The Morgan fingerprint density at radius 3 is 1.70 bits per heavy atom. The largest absolute Gasteiger partial charge is 0.508 e. The second kappa shape index (κ2) is 8.44. The number of phenols is 1. The number of benzene rings is 2. The van der Waals surface area contributed by atoms with Crippen LogP contribution in [0.5, 0.6) is 17.2 Å². The van der Waals surface area contributed by atoms with Gasteiger partial charge in [-0.1, -0.05) is 53.7 Å². The van der Waals surface area contributed by atoms with Gasteiger partial charge in [-0.25, -0.2) is 4.57 Å². The molecule has 0 fully saturated rings. The number of rotatable bonds is 2. The van der Waals surface area contributed by atoms with Crippen LogP contribution in [0.2, 0.25) is 0 Å². The van der Waals surface area contributed by atoms with Crippen molar-refractivity contribution in [3.63, 3.8) is 0 Å². The maximum Gasteiger partial charge on any atom is 0.466 e. The Hall–Kier alpha value is -1.85. The number of ether oxygens (including phenoxy) is 1. The van der Waals surface area contributed by atoms with Crippen LogP contribution < -0.4 is 4.74 Å². The van der Waals surface area contributed by atoms with Gasteiger partial charge in [0.05, 0.1) is 0 Å². The van der Waals surface area contributed by atoms with Crippen molar-refractivity contribution in [2.45, 2.75) is 52.4 Å². The van der Waals surface area contributed by atoms with Crippen LogP contribution in [0.15, 0.2) is 42.5 Å². The molecule has 27 heavy (non-hydrogen) atoms. The molecule has 0 saturated carbocycles. The van der Waals surface area contributed by atoms with Crippen molar-refractivity contribution in [2.75, 3.05) is 0 Å². The predicted octanol–water partition coefficient (Wildman–Crippen LogP) is 4.85. The van der Waals surface area contributed by atoms with Crippen molar-refractivity contribution >= 4 is 7.82 Å². The molecule has 0 aliphatic heterocycles. The molecule has 2 aromatic rings. The fraction of sp³-hybridized carbons (Fsp3) is 0.400. The first-order valence-corrected chi connectivity index (χ1v) is 10.0. The average molecular weight is 396 g/mol. The molecule has 150 valence electrons. The summed E-state index contributed by atoms with van der Waals surface area (Å²) in [6.07, 6.45) is 0. The highest BCUT2D eigenvalue weighted by Crippen LogP contribution is 2.37. The number of hydrogen-bond acceptors (Lipinski definition) is 3. The van der Waals surface area contributed by atoms with Gasteiger partial charge < -0.3 is 24.5 Å². The van der Waals surface area contributed by atoms with Gasteiger partial charge in [0.1, 0.15) is 17.2 Å². The third kappa shape index (κ3) is 8.59. The molecule has 0 saturated heterocycles. The molecular formula is C20H29O6P. The predicted molar refractivity (Wildman–Crippen MR) is 106 cm³/mol. The summed E-state index contributed by atoms with van der Waals surface area (Å²) in [6.45, 7) is 13.2. The number of hydrogen-bond donors (Lipinski definition) is 4. The zero-order chi connectivity index (χ0) is 21.0. The molecule has 0 aliphatic carbocycles. The second-order valence-electron chi connectivity index (χ2n) is 8.32. The van der Waals surface area contributed by atoms with Gasteiger partial charge in [0, 0.05) is 5.56 Å². The highest BCUT2D eigenvalue weighted by atomic mass is 31.2. The number of aromatic hydroxyl groups is 1. The summed E-state index contributed by atoms with van der Waals surface area (Å²) in [7, 11) is -4.64. The molecule has 0 heterocycles. The maximum absolute atomic E-state index is 9.38. The molecule has 0 bridgehead atoms. The average Bonchev–Trinajstić information content (AvgIpc) is 2.46. The van der Waals surface area contributed by atoms with E-state index in [-0.39, 0.29) is 16.6 Å². The van der Waals surface area contributed by atoms with Crippen molar-refractivity contribution in [3.8, 4) is 17.2 Å². The van der Waals surface area contributed by atoms with Gasteiger partial charge in [-0.15, -0.1) is 0 Å². The SMILES string of the molecule is CC(C)(C)c1ccc(Oc2ccc(O)cc2)c(C(C)(C)C)c1.O=P(O)(O)O. The van der Waals surface area contributed by atoms with Crippen LogP contribution in [0.1, 0.15) is 52.7 Å². The van der Waals surface area contributed by atoms with Gasteiger partial charge in [-0.05, 0) is 46.7 Å². The van der Waals surface area contributed by atoms with Crippen molar-refractivity contribution in [2.24, 2.45) is 0 Å². The van der Waals surface area contributed by atoms with Crippen molar-refractivity contribution < 1.29 is 29.1 Å². The van der Waals surface area contributed by atoms with E-state index in [0.717, 1.165) is 11.5 Å². The van der Waals surface area contributed by atoms with Crippen LogP contribution >= 0.6 is 7.82 Å². The molecule has 6 nitrogen and oxygen atoms in total. The lowest BCUT2D eigenvalue weighted by atomic mass is 9.80. The van der Waals surface area contributed by atoms with Gasteiger partial charge >= 0.3 is 7.82 Å². The first-order valence-electron chi connectivity index (χ1n) is 8.47. The number of phosphoric acid groups is 1. The quantitative estimate of drug-likeness (QED) is 0.541. The molecule has 2 aromatic carbocycles. The summed E-state index contributed by atoms with van der Waals surface area (Å²) in [5, 5.41) is 9.38. The topological polar surface area (TPSA) is 107 Å². The summed E-state index contributed by atoms with van der Waals surface area (Å²) >= 11 is 0. The fourth-order valence-corrected chi connectivity index (χ4v) is 2.31. The number of phenolic OH excluding ortho intramolecular Hbond substituents is 1. The van der Waals surface area contributed by atoms with Crippen molar-refractivity contribution in [1.29, 1.82) is 0 Å². The highest BCUT2D eigenvalue weighted by Gasteiger charge is 2.23. The third-order valence-corrected chi connectivity index (χ3v) is 3.72. The maximum atomic E-state index is 9.38. The zero-order valence-corrected chi connectivity index (χ0v) is 17.5. The van der Waals surface area contributed by atoms with Crippen LogP contribution in [0.4, 0.5) is 0 Å². The Balaban J connectivity index is 0.000000646. The van der Waals surface area contributed by atoms with Gasteiger partial charge in [-0.3, -0.25) is 0 Å². The van der Waals surface area contributed by atoms with Gasteiger partial charge in [0.25, 0.3) is 0 Å². The smallest absolute Gasteiger partial charge is 0.466 e. The van der Waals surface area contributed by atoms with Crippen LogP contribution in [0.25, 0.3) is 0 Å². The Kier molecular flexibility index (Phi) is 7.25. The minimum atomic E-state index is -4.64. The van der Waals surface area contributed by atoms with E-state index in [1.165, 1.54) is 11.1 Å². The van der Waals surface area contributed by atoms with Crippen molar-refractivity contribution in [1.82, 2.24) is 0 Å². The minimum absolute atomic E-state index is 0.00644. The molecule has 0 aliphatic rings. The monoisotopic (exact) mass is 396 g/mol. The van der Waals surface area contributed by atoms with Crippen LogP contribution in [0.3, 0.4) is 0 Å².